The van der Waals surface area contributed by atoms with E-state index in [0.717, 1.165) is 46.6 Å². The molecule has 0 fully saturated rings. The smallest absolute Gasteiger partial charge is 0.335 e. The summed E-state index contributed by atoms with van der Waals surface area (Å²) in [6.45, 7) is 25.3. The predicted molar refractivity (Wildman–Crippen MR) is 270 cm³/mol. The molecular weight excluding hydrogens is 893 g/mol. The van der Waals surface area contributed by atoms with Gasteiger partial charge in [-0.2, -0.15) is 0 Å². The normalized spacial score (nSPS) is 9.83. The zero-order valence-corrected chi connectivity index (χ0v) is 40.3. The summed E-state index contributed by atoms with van der Waals surface area (Å²) >= 11 is 0. The van der Waals surface area contributed by atoms with E-state index in [0.29, 0.717) is 19.8 Å². The van der Waals surface area contributed by atoms with E-state index >= 15 is 0 Å². The average molecular weight is 955 g/mol. The summed E-state index contributed by atoms with van der Waals surface area (Å²) in [5.41, 5.74) is 5.03. The Morgan fingerprint density at radius 3 is 1.26 bits per heavy atom. The zero-order chi connectivity index (χ0) is 51.6. The maximum absolute atomic E-state index is 10.9. The van der Waals surface area contributed by atoms with Gasteiger partial charge in [-0.25, -0.2) is 24.0 Å². The van der Waals surface area contributed by atoms with Gasteiger partial charge in [0.2, 0.25) is 6.79 Å². The van der Waals surface area contributed by atoms with Gasteiger partial charge >= 0.3 is 29.8 Å². The average Bonchev–Trinajstić information content (AvgIpc) is 3.39. The van der Waals surface area contributed by atoms with Gasteiger partial charge in [-0.3, -0.25) is 0 Å². The molecule has 0 atom stereocenters. The van der Waals surface area contributed by atoms with Crippen molar-refractivity contribution in [3.63, 3.8) is 0 Å². The Kier molecular flexibility index (Phi) is 27.3. The van der Waals surface area contributed by atoms with Crippen LogP contribution in [0.5, 0.6) is 17.2 Å². The second-order valence-electron chi connectivity index (χ2n) is 14.9. The first-order valence-corrected chi connectivity index (χ1v) is 21.9. The summed E-state index contributed by atoms with van der Waals surface area (Å²) < 4.78 is 40.0. The van der Waals surface area contributed by atoms with Crippen LogP contribution in [0.1, 0.15) is 38.8 Å². The fraction of sp³-hybridized carbons (Fsp3) is 0.211. The van der Waals surface area contributed by atoms with Crippen LogP contribution >= 0.6 is 0 Å². The highest BCUT2D eigenvalue weighted by molar-refractivity contribution is 5.88. The van der Waals surface area contributed by atoms with E-state index in [1.54, 1.807) is 0 Å². The Morgan fingerprint density at radius 1 is 0.443 bits per heavy atom. The zero-order valence-electron chi connectivity index (χ0n) is 40.3. The lowest BCUT2D eigenvalue weighted by molar-refractivity contribution is -0.161. The Hall–Kier alpha value is -8.45. The van der Waals surface area contributed by atoms with Crippen LogP contribution in [0.2, 0.25) is 0 Å². The standard InChI is InChI=1S/C20H22O3.C17H16O3.C11H12O3.C9H12O4/c1-4-19(21)23-15-14-22-18-12-10-17(11-13-18)20(2,3)16-8-6-5-7-9-16;1-2-17(18)20-13-12-19-16-11-7-6-10-15(16)14-8-4-3-5-9-14;1-2-11(12)14-9-8-13-10-6-4-3-5-7-10;1-6(2)8(10)12-5-13-9(11)7(3)4/h4-13H,1,14-15H2,2-3H3;2-11H,1,12-13H2;2-7H,1,8-9H2;1,3,5H2,2,4H3. The summed E-state index contributed by atoms with van der Waals surface area (Å²) in [5, 5.41) is 0. The van der Waals surface area contributed by atoms with E-state index < -0.39 is 36.6 Å². The van der Waals surface area contributed by atoms with Gasteiger partial charge in [0.05, 0.1) is 0 Å². The highest BCUT2D eigenvalue weighted by atomic mass is 16.7. The molecule has 0 aromatic heterocycles. The number of ether oxygens (including phenoxy) is 8. The van der Waals surface area contributed by atoms with Crippen molar-refractivity contribution in [1.82, 2.24) is 0 Å². The minimum absolute atomic E-state index is 0.0702. The van der Waals surface area contributed by atoms with Crippen LogP contribution < -0.4 is 14.2 Å². The van der Waals surface area contributed by atoms with E-state index in [1.807, 2.05) is 103 Å². The van der Waals surface area contributed by atoms with Crippen molar-refractivity contribution < 1.29 is 61.9 Å². The third-order valence-electron chi connectivity index (χ3n) is 9.14. The number of rotatable bonds is 22. The SMILES string of the molecule is C=C(C)C(=O)OCOC(=O)C(=C)C.C=CC(=O)OCCOc1ccc(C(C)(C)c2ccccc2)cc1.C=CC(=O)OCCOc1ccccc1.C=CC(=O)OCCOc1ccccc1-c1ccccc1. The number of carbonyl (C=O) groups is 5. The van der Waals surface area contributed by atoms with Gasteiger partial charge in [0.1, 0.15) is 56.9 Å². The molecule has 70 heavy (non-hydrogen) atoms. The molecule has 13 nitrogen and oxygen atoms in total. The highest BCUT2D eigenvalue weighted by Gasteiger charge is 2.22. The summed E-state index contributed by atoms with van der Waals surface area (Å²) in [4.78, 5) is 54.0. The number of benzene rings is 5. The van der Waals surface area contributed by atoms with Gasteiger partial charge in [0, 0.05) is 40.4 Å². The molecule has 0 amide bonds. The van der Waals surface area contributed by atoms with Gasteiger partial charge in [0.15, 0.2) is 0 Å². The lowest BCUT2D eigenvalue weighted by Gasteiger charge is -2.26. The minimum atomic E-state index is -0.588. The van der Waals surface area contributed by atoms with Gasteiger partial charge in [-0.15, -0.1) is 0 Å². The molecule has 0 saturated carbocycles. The van der Waals surface area contributed by atoms with E-state index in [4.69, 9.17) is 28.4 Å². The van der Waals surface area contributed by atoms with Crippen molar-refractivity contribution >= 4 is 29.8 Å². The van der Waals surface area contributed by atoms with Gasteiger partial charge < -0.3 is 37.9 Å². The van der Waals surface area contributed by atoms with Crippen LogP contribution in [-0.4, -0.2) is 76.3 Å². The largest absolute Gasteiger partial charge is 0.490 e. The Labute approximate surface area is 411 Å². The van der Waals surface area contributed by atoms with Crippen LogP contribution in [0.4, 0.5) is 0 Å². The maximum atomic E-state index is 10.9. The Bertz CT molecular complexity index is 2400. The van der Waals surface area contributed by atoms with Crippen molar-refractivity contribution in [3.8, 4) is 28.4 Å². The van der Waals surface area contributed by atoms with E-state index in [9.17, 15) is 24.0 Å². The molecule has 0 spiro atoms. The second-order valence-corrected chi connectivity index (χ2v) is 14.9. The molecule has 13 heteroatoms. The summed E-state index contributed by atoms with van der Waals surface area (Å²) in [5.74, 6) is -0.188. The first kappa shape index (κ1) is 57.7. The van der Waals surface area contributed by atoms with Gasteiger partial charge in [0.25, 0.3) is 0 Å². The van der Waals surface area contributed by atoms with Crippen molar-refractivity contribution in [2.45, 2.75) is 33.1 Å². The molecular formula is C57H62O13. The number of esters is 5. The van der Waals surface area contributed by atoms with Gasteiger partial charge in [-0.05, 0) is 60.9 Å². The molecule has 368 valence electrons. The van der Waals surface area contributed by atoms with Crippen LogP contribution in [0.3, 0.4) is 0 Å². The van der Waals surface area contributed by atoms with Crippen LogP contribution in [0, 0.1) is 0 Å². The van der Waals surface area contributed by atoms with Crippen molar-refractivity contribution in [1.29, 1.82) is 0 Å². The van der Waals surface area contributed by atoms with Crippen molar-refractivity contribution in [2.75, 3.05) is 46.4 Å². The molecule has 0 unspecified atom stereocenters. The van der Waals surface area contributed by atoms with Crippen molar-refractivity contribution in [3.05, 3.63) is 213 Å². The third kappa shape index (κ3) is 23.3. The van der Waals surface area contributed by atoms with Crippen LogP contribution in [0.15, 0.2) is 202 Å². The number of para-hydroxylation sites is 2. The maximum Gasteiger partial charge on any atom is 0.335 e. The second kappa shape index (κ2) is 33.1. The van der Waals surface area contributed by atoms with Crippen LogP contribution in [-0.2, 0) is 53.1 Å². The Balaban J connectivity index is 0.000000329. The molecule has 0 aliphatic carbocycles. The monoisotopic (exact) mass is 954 g/mol. The first-order valence-electron chi connectivity index (χ1n) is 21.9. The minimum Gasteiger partial charge on any atom is -0.490 e. The third-order valence-corrected chi connectivity index (χ3v) is 9.14. The summed E-state index contributed by atoms with van der Waals surface area (Å²) in [6.07, 6.45) is 3.40. The highest BCUT2D eigenvalue weighted by Crippen LogP contribution is 2.32. The molecule has 0 N–H and O–H groups in total. The van der Waals surface area contributed by atoms with Crippen molar-refractivity contribution in [2.24, 2.45) is 0 Å². The first-order chi connectivity index (χ1) is 33.6. The molecule has 5 aromatic rings. The number of carbonyl (C=O) groups excluding carboxylic acids is 5. The van der Waals surface area contributed by atoms with E-state index in [-0.39, 0.29) is 36.4 Å². The lowest BCUT2D eigenvalue weighted by Crippen LogP contribution is -2.18. The molecule has 0 radical (unpaired) electrons. The van der Waals surface area contributed by atoms with E-state index in [1.165, 1.54) is 25.0 Å². The molecule has 0 aliphatic rings. The predicted octanol–water partition coefficient (Wildman–Crippen LogP) is 10.6. The Morgan fingerprint density at radius 2 is 0.814 bits per heavy atom. The quantitative estimate of drug-likeness (QED) is 0.0212. The summed E-state index contributed by atoms with van der Waals surface area (Å²) in [7, 11) is 0. The lowest BCUT2D eigenvalue weighted by atomic mass is 9.78. The fourth-order valence-electron chi connectivity index (χ4n) is 5.41. The molecule has 5 aromatic carbocycles. The van der Waals surface area contributed by atoms with Crippen LogP contribution in [0.25, 0.3) is 11.1 Å². The molecule has 0 aliphatic heterocycles. The fourth-order valence-corrected chi connectivity index (χ4v) is 5.41. The van der Waals surface area contributed by atoms with E-state index in [2.05, 4.69) is 92.6 Å². The molecule has 0 saturated heterocycles. The number of hydrogen-bond acceptors (Lipinski definition) is 13. The molecule has 0 bridgehead atoms. The van der Waals surface area contributed by atoms with Gasteiger partial charge in [-0.1, -0.05) is 156 Å². The molecule has 5 rings (SSSR count). The number of hydrogen-bond donors (Lipinski definition) is 0. The summed E-state index contributed by atoms with van der Waals surface area (Å²) in [6, 6.07) is 45.6. The molecule has 0 heterocycles. The topological polar surface area (TPSA) is 159 Å².